The molecule has 0 atom stereocenters. The van der Waals surface area contributed by atoms with Crippen molar-refractivity contribution in [2.45, 2.75) is 51.9 Å². The van der Waals surface area contributed by atoms with E-state index in [1.165, 1.54) is 25.7 Å². The highest BCUT2D eigenvalue weighted by Crippen LogP contribution is 2.33. The van der Waals surface area contributed by atoms with E-state index < -0.39 is 0 Å². The Hall–Kier alpha value is -1.71. The number of ether oxygens (including phenoxy) is 1. The van der Waals surface area contributed by atoms with E-state index in [4.69, 9.17) is 27.9 Å². The van der Waals surface area contributed by atoms with Gasteiger partial charge in [-0.15, -0.1) is 0 Å². The summed E-state index contributed by atoms with van der Waals surface area (Å²) in [6.45, 7) is 2.69. The molecule has 5 heteroatoms. The number of benzene rings is 2. The number of unbranched alkanes of at least 4 members (excludes halogenated alkanes) is 5. The zero-order valence-electron chi connectivity index (χ0n) is 15.8. The third kappa shape index (κ3) is 7.43. The maximum absolute atomic E-state index is 12.2. The summed E-state index contributed by atoms with van der Waals surface area (Å²) in [5.74, 6) is -0.219. The fourth-order valence-corrected chi connectivity index (χ4v) is 3.32. The SMILES string of the molecule is CCCCCCCCOC(=O)Cc1ccccc1Nc1c(Cl)cccc1Cl. The summed E-state index contributed by atoms with van der Waals surface area (Å²) in [5.41, 5.74) is 2.28. The number of para-hydroxylation sites is 2. The first-order chi connectivity index (χ1) is 13.1. The van der Waals surface area contributed by atoms with Crippen LogP contribution in [0.2, 0.25) is 10.0 Å². The van der Waals surface area contributed by atoms with Crippen LogP contribution in [0.4, 0.5) is 11.4 Å². The Morgan fingerprint density at radius 1 is 0.926 bits per heavy atom. The number of hydrogen-bond donors (Lipinski definition) is 1. The first-order valence-corrected chi connectivity index (χ1v) is 10.3. The van der Waals surface area contributed by atoms with Gasteiger partial charge in [-0.1, -0.05) is 86.5 Å². The molecule has 0 aliphatic carbocycles. The van der Waals surface area contributed by atoms with Crippen molar-refractivity contribution in [1.29, 1.82) is 0 Å². The molecule has 0 saturated carbocycles. The maximum atomic E-state index is 12.2. The minimum absolute atomic E-state index is 0.209. The van der Waals surface area contributed by atoms with Crippen LogP contribution >= 0.6 is 23.2 Å². The molecule has 0 unspecified atom stereocenters. The van der Waals surface area contributed by atoms with Gasteiger partial charge in [0.15, 0.2) is 0 Å². The van der Waals surface area contributed by atoms with Crippen LogP contribution in [0.3, 0.4) is 0 Å². The average Bonchev–Trinajstić information content (AvgIpc) is 2.65. The molecule has 0 aromatic heterocycles. The first kappa shape index (κ1) is 21.6. The highest BCUT2D eigenvalue weighted by atomic mass is 35.5. The second-order valence-corrected chi connectivity index (χ2v) is 7.36. The predicted octanol–water partition coefficient (Wildman–Crippen LogP) is 7.18. The highest BCUT2D eigenvalue weighted by Gasteiger charge is 2.12. The van der Waals surface area contributed by atoms with Gasteiger partial charge >= 0.3 is 5.97 Å². The van der Waals surface area contributed by atoms with Crippen molar-refractivity contribution >= 4 is 40.5 Å². The number of carbonyl (C=O) groups is 1. The Kier molecular flexibility index (Phi) is 9.51. The Morgan fingerprint density at radius 3 is 2.33 bits per heavy atom. The van der Waals surface area contributed by atoms with Gasteiger partial charge in [0.2, 0.25) is 0 Å². The molecule has 1 N–H and O–H groups in total. The van der Waals surface area contributed by atoms with E-state index in [1.807, 2.05) is 24.3 Å². The van der Waals surface area contributed by atoms with Gasteiger partial charge in [-0.05, 0) is 30.2 Å². The van der Waals surface area contributed by atoms with Gasteiger partial charge in [-0.2, -0.15) is 0 Å². The predicted molar refractivity (Wildman–Crippen MR) is 114 cm³/mol. The second-order valence-electron chi connectivity index (χ2n) is 6.54. The van der Waals surface area contributed by atoms with Crippen molar-refractivity contribution in [2.75, 3.05) is 11.9 Å². The highest BCUT2D eigenvalue weighted by molar-refractivity contribution is 6.39. The lowest BCUT2D eigenvalue weighted by Crippen LogP contribution is -2.10. The van der Waals surface area contributed by atoms with Crippen molar-refractivity contribution < 1.29 is 9.53 Å². The number of halogens is 2. The monoisotopic (exact) mass is 407 g/mol. The van der Waals surface area contributed by atoms with Crippen LogP contribution in [0.25, 0.3) is 0 Å². The molecule has 0 saturated heterocycles. The van der Waals surface area contributed by atoms with Crippen molar-refractivity contribution in [3.63, 3.8) is 0 Å². The number of esters is 1. The van der Waals surface area contributed by atoms with Crippen molar-refractivity contribution in [3.05, 3.63) is 58.1 Å². The average molecular weight is 408 g/mol. The molecule has 27 heavy (non-hydrogen) atoms. The van der Waals surface area contributed by atoms with Gasteiger partial charge in [-0.3, -0.25) is 4.79 Å². The van der Waals surface area contributed by atoms with Crippen LogP contribution in [-0.4, -0.2) is 12.6 Å². The van der Waals surface area contributed by atoms with E-state index in [-0.39, 0.29) is 12.4 Å². The Bertz CT molecular complexity index is 714. The third-order valence-corrected chi connectivity index (χ3v) is 4.97. The van der Waals surface area contributed by atoms with Gasteiger partial charge in [0, 0.05) is 5.69 Å². The Labute approximate surface area is 172 Å². The molecule has 2 aromatic carbocycles. The fraction of sp³-hybridized carbons (Fsp3) is 0.409. The molecule has 2 aromatic rings. The molecule has 0 radical (unpaired) electrons. The molecule has 0 aliphatic rings. The molecule has 3 nitrogen and oxygen atoms in total. The Balaban J connectivity index is 1.87. The van der Waals surface area contributed by atoms with E-state index >= 15 is 0 Å². The zero-order valence-corrected chi connectivity index (χ0v) is 17.3. The van der Waals surface area contributed by atoms with Crippen molar-refractivity contribution in [2.24, 2.45) is 0 Å². The fourth-order valence-electron chi connectivity index (χ4n) is 2.82. The first-order valence-electron chi connectivity index (χ1n) is 9.56. The summed E-state index contributed by atoms with van der Waals surface area (Å²) in [4.78, 5) is 12.2. The lowest BCUT2D eigenvalue weighted by Gasteiger charge is -2.14. The molecular formula is C22H27Cl2NO2. The summed E-state index contributed by atoms with van der Waals surface area (Å²) in [6, 6.07) is 12.9. The minimum atomic E-state index is -0.219. The van der Waals surface area contributed by atoms with Gasteiger partial charge in [0.1, 0.15) is 0 Å². The van der Waals surface area contributed by atoms with Crippen molar-refractivity contribution in [1.82, 2.24) is 0 Å². The summed E-state index contributed by atoms with van der Waals surface area (Å²) in [7, 11) is 0. The summed E-state index contributed by atoms with van der Waals surface area (Å²) in [5, 5.41) is 4.30. The third-order valence-electron chi connectivity index (χ3n) is 4.34. The van der Waals surface area contributed by atoms with Crippen LogP contribution in [-0.2, 0) is 16.0 Å². The molecule has 2 rings (SSSR count). The molecular weight excluding hydrogens is 381 g/mol. The van der Waals surface area contributed by atoms with E-state index in [9.17, 15) is 4.79 Å². The van der Waals surface area contributed by atoms with E-state index in [1.54, 1.807) is 18.2 Å². The van der Waals surface area contributed by atoms with Crippen LogP contribution < -0.4 is 5.32 Å². The molecule has 0 bridgehead atoms. The molecule has 0 amide bonds. The summed E-state index contributed by atoms with van der Waals surface area (Å²) < 4.78 is 5.39. The summed E-state index contributed by atoms with van der Waals surface area (Å²) in [6.07, 6.45) is 7.22. The van der Waals surface area contributed by atoms with E-state index in [0.717, 1.165) is 24.1 Å². The lowest BCUT2D eigenvalue weighted by atomic mass is 10.1. The zero-order chi connectivity index (χ0) is 19.5. The second kappa shape index (κ2) is 11.9. The van der Waals surface area contributed by atoms with Crippen LogP contribution in [0, 0.1) is 0 Å². The molecule has 0 spiro atoms. The largest absolute Gasteiger partial charge is 0.465 e. The number of carbonyl (C=O) groups excluding carboxylic acids is 1. The van der Waals surface area contributed by atoms with Gasteiger partial charge in [-0.25, -0.2) is 0 Å². The lowest BCUT2D eigenvalue weighted by molar-refractivity contribution is -0.142. The van der Waals surface area contributed by atoms with Crippen molar-refractivity contribution in [3.8, 4) is 0 Å². The normalized spacial score (nSPS) is 10.6. The van der Waals surface area contributed by atoms with Gasteiger partial charge in [0.05, 0.1) is 28.8 Å². The quantitative estimate of drug-likeness (QED) is 0.316. The van der Waals surface area contributed by atoms with E-state index in [0.29, 0.717) is 22.3 Å². The topological polar surface area (TPSA) is 38.3 Å². The molecule has 0 fully saturated rings. The van der Waals surface area contributed by atoms with E-state index in [2.05, 4.69) is 12.2 Å². The minimum Gasteiger partial charge on any atom is -0.465 e. The molecule has 0 aliphatic heterocycles. The van der Waals surface area contributed by atoms with Gasteiger partial charge in [0.25, 0.3) is 0 Å². The molecule has 0 heterocycles. The summed E-state index contributed by atoms with van der Waals surface area (Å²) >= 11 is 12.5. The number of anilines is 2. The standard InChI is InChI=1S/C22H27Cl2NO2/c1-2-3-4-5-6-9-15-27-21(26)16-17-11-7-8-14-20(17)25-22-18(23)12-10-13-19(22)24/h7-8,10-14,25H,2-6,9,15-16H2,1H3. The number of rotatable bonds is 11. The van der Waals surface area contributed by atoms with Crippen LogP contribution in [0.15, 0.2) is 42.5 Å². The number of nitrogens with one attached hydrogen (secondary N) is 1. The Morgan fingerprint density at radius 2 is 1.59 bits per heavy atom. The van der Waals surface area contributed by atoms with Crippen LogP contribution in [0.5, 0.6) is 0 Å². The maximum Gasteiger partial charge on any atom is 0.310 e. The van der Waals surface area contributed by atoms with Crippen LogP contribution in [0.1, 0.15) is 51.0 Å². The smallest absolute Gasteiger partial charge is 0.310 e. The molecule has 146 valence electrons. The number of hydrogen-bond acceptors (Lipinski definition) is 3. The van der Waals surface area contributed by atoms with Gasteiger partial charge < -0.3 is 10.1 Å².